The van der Waals surface area contributed by atoms with E-state index in [0.29, 0.717) is 29.9 Å². The molecule has 3 heterocycles. The van der Waals surface area contributed by atoms with Crippen LogP contribution in [0.1, 0.15) is 22.6 Å². The number of aryl methyl sites for hydroxylation is 3. The molecule has 0 spiro atoms. The molecular weight excluding hydrogens is 314 g/mol. The number of rotatable bonds is 5. The smallest absolute Gasteiger partial charge is 0.264 e. The summed E-state index contributed by atoms with van der Waals surface area (Å²) in [5.74, 6) is 0.599. The first-order valence-electron chi connectivity index (χ1n) is 7.30. The van der Waals surface area contributed by atoms with Crippen LogP contribution in [0.4, 0.5) is 0 Å². The molecule has 0 saturated heterocycles. The Morgan fingerprint density at radius 3 is 3.00 bits per heavy atom. The number of carbonyl (C=O) groups is 1. The molecule has 0 aliphatic rings. The molecule has 0 aliphatic heterocycles. The highest BCUT2D eigenvalue weighted by molar-refractivity contribution is 7.09. The topological polar surface area (TPSA) is 77.1 Å². The summed E-state index contributed by atoms with van der Waals surface area (Å²) < 4.78 is 6.89. The van der Waals surface area contributed by atoms with E-state index >= 15 is 0 Å². The van der Waals surface area contributed by atoms with Gasteiger partial charge in [0.05, 0.1) is 6.54 Å². The van der Waals surface area contributed by atoms with Crippen molar-refractivity contribution in [2.45, 2.75) is 33.4 Å². The Balaban J connectivity index is 1.67. The third-order valence-corrected chi connectivity index (χ3v) is 4.65. The van der Waals surface area contributed by atoms with Crippen LogP contribution in [0.3, 0.4) is 0 Å². The number of hydrogen-bond acceptors (Lipinski definition) is 5. The lowest BCUT2D eigenvalue weighted by Crippen LogP contribution is -2.27. The summed E-state index contributed by atoms with van der Waals surface area (Å²) in [5.41, 5.74) is 0.979. The molecule has 3 aromatic rings. The van der Waals surface area contributed by atoms with Gasteiger partial charge in [-0.1, -0.05) is 6.07 Å². The minimum atomic E-state index is -0.171. The molecule has 3 rings (SSSR count). The van der Waals surface area contributed by atoms with E-state index in [1.165, 1.54) is 10.9 Å². The monoisotopic (exact) mass is 331 g/mol. The highest BCUT2D eigenvalue weighted by Crippen LogP contribution is 2.19. The standard InChI is InChI=1S/C16H17N3O3S/c1-10-11(2)22-15-14(10)16(21)19(9-18-15)6-5-13(20)17-8-12-4-3-7-23-12/h3-4,7,9H,5-6,8H2,1-2H3,(H,17,20). The Hall–Kier alpha value is -2.41. The number of nitrogens with zero attached hydrogens (tertiary/aromatic N) is 2. The van der Waals surface area contributed by atoms with Crippen molar-refractivity contribution in [3.05, 3.63) is 50.4 Å². The lowest BCUT2D eigenvalue weighted by molar-refractivity contribution is -0.121. The number of nitrogens with one attached hydrogen (secondary N) is 1. The third kappa shape index (κ3) is 3.19. The molecule has 6 nitrogen and oxygen atoms in total. The zero-order valence-electron chi connectivity index (χ0n) is 13.0. The Morgan fingerprint density at radius 2 is 2.26 bits per heavy atom. The first-order valence-corrected chi connectivity index (χ1v) is 8.18. The molecule has 0 fully saturated rings. The number of carbonyl (C=O) groups excluding carboxylic acids is 1. The summed E-state index contributed by atoms with van der Waals surface area (Å²) in [4.78, 5) is 29.6. The molecule has 3 aromatic heterocycles. The SMILES string of the molecule is Cc1oc2ncn(CCC(=O)NCc3cccs3)c(=O)c2c1C. The average molecular weight is 331 g/mol. The summed E-state index contributed by atoms with van der Waals surface area (Å²) in [7, 11) is 0. The second-order valence-electron chi connectivity index (χ2n) is 5.31. The van der Waals surface area contributed by atoms with Crippen LogP contribution in [0.2, 0.25) is 0 Å². The van der Waals surface area contributed by atoms with Crippen LogP contribution in [-0.2, 0) is 17.9 Å². The van der Waals surface area contributed by atoms with Gasteiger partial charge in [0.2, 0.25) is 11.6 Å². The largest absolute Gasteiger partial charge is 0.443 e. The fraction of sp³-hybridized carbons (Fsp3) is 0.312. The van der Waals surface area contributed by atoms with Crippen molar-refractivity contribution in [2.75, 3.05) is 0 Å². The Morgan fingerprint density at radius 1 is 1.43 bits per heavy atom. The lowest BCUT2D eigenvalue weighted by atomic mass is 10.2. The van der Waals surface area contributed by atoms with E-state index in [1.54, 1.807) is 18.3 Å². The van der Waals surface area contributed by atoms with Crippen molar-refractivity contribution >= 4 is 28.3 Å². The molecular formula is C16H17N3O3S. The molecule has 1 amide bonds. The van der Waals surface area contributed by atoms with E-state index in [9.17, 15) is 9.59 Å². The normalized spacial score (nSPS) is 11.0. The second-order valence-corrected chi connectivity index (χ2v) is 6.34. The zero-order valence-corrected chi connectivity index (χ0v) is 13.8. The fourth-order valence-corrected chi connectivity index (χ4v) is 2.98. The summed E-state index contributed by atoms with van der Waals surface area (Å²) in [6, 6.07) is 3.92. The first-order chi connectivity index (χ1) is 11.1. The molecule has 0 atom stereocenters. The van der Waals surface area contributed by atoms with E-state index < -0.39 is 0 Å². The number of amides is 1. The van der Waals surface area contributed by atoms with Crippen molar-refractivity contribution in [1.29, 1.82) is 0 Å². The molecule has 0 bridgehead atoms. The van der Waals surface area contributed by atoms with Gasteiger partial charge in [-0.25, -0.2) is 4.98 Å². The predicted octanol–water partition coefficient (Wildman–Crippen LogP) is 2.37. The van der Waals surface area contributed by atoms with E-state index in [0.717, 1.165) is 10.4 Å². The van der Waals surface area contributed by atoms with Gasteiger partial charge in [0.1, 0.15) is 17.5 Å². The molecule has 0 aliphatic carbocycles. The second kappa shape index (κ2) is 6.37. The molecule has 0 saturated carbocycles. The predicted molar refractivity (Wildman–Crippen MR) is 88.5 cm³/mol. The van der Waals surface area contributed by atoms with Crippen molar-refractivity contribution in [3.63, 3.8) is 0 Å². The maximum Gasteiger partial charge on any atom is 0.264 e. The van der Waals surface area contributed by atoms with Crippen molar-refractivity contribution in [2.24, 2.45) is 0 Å². The summed E-state index contributed by atoms with van der Waals surface area (Å²) >= 11 is 1.60. The molecule has 1 N–H and O–H groups in total. The van der Waals surface area contributed by atoms with Crippen molar-refractivity contribution < 1.29 is 9.21 Å². The van der Waals surface area contributed by atoms with Crippen LogP contribution in [-0.4, -0.2) is 15.5 Å². The molecule has 7 heteroatoms. The maximum absolute atomic E-state index is 12.5. The van der Waals surface area contributed by atoms with E-state index in [-0.39, 0.29) is 17.9 Å². The minimum absolute atomic E-state index is 0.0921. The highest BCUT2D eigenvalue weighted by Gasteiger charge is 2.14. The minimum Gasteiger partial charge on any atom is -0.443 e. The van der Waals surface area contributed by atoms with Gasteiger partial charge in [0.15, 0.2) is 0 Å². The van der Waals surface area contributed by atoms with Gasteiger partial charge in [0, 0.05) is 23.4 Å². The highest BCUT2D eigenvalue weighted by atomic mass is 32.1. The van der Waals surface area contributed by atoms with Crippen LogP contribution >= 0.6 is 11.3 Å². The van der Waals surface area contributed by atoms with Gasteiger partial charge in [-0.05, 0) is 25.3 Å². The zero-order chi connectivity index (χ0) is 16.4. The summed E-state index contributed by atoms with van der Waals surface area (Å²) in [6.45, 7) is 4.45. The van der Waals surface area contributed by atoms with Crippen LogP contribution in [0.5, 0.6) is 0 Å². The first kappa shape index (κ1) is 15.5. The van der Waals surface area contributed by atoms with Crippen LogP contribution in [0.15, 0.2) is 33.1 Å². The molecule has 0 aromatic carbocycles. The molecule has 0 radical (unpaired) electrons. The number of furan rings is 1. The van der Waals surface area contributed by atoms with E-state index in [1.807, 2.05) is 24.4 Å². The third-order valence-electron chi connectivity index (χ3n) is 3.78. The number of fused-ring (bicyclic) bond motifs is 1. The van der Waals surface area contributed by atoms with Gasteiger partial charge in [0.25, 0.3) is 5.56 Å². The molecule has 0 unspecified atom stereocenters. The summed E-state index contributed by atoms with van der Waals surface area (Å²) in [5, 5.41) is 5.30. The Labute approximate surface area is 136 Å². The number of hydrogen-bond donors (Lipinski definition) is 1. The summed E-state index contributed by atoms with van der Waals surface area (Å²) in [6.07, 6.45) is 1.66. The van der Waals surface area contributed by atoms with Crippen LogP contribution < -0.4 is 10.9 Å². The van der Waals surface area contributed by atoms with E-state index in [2.05, 4.69) is 10.3 Å². The maximum atomic E-state index is 12.5. The lowest BCUT2D eigenvalue weighted by Gasteiger charge is -2.06. The average Bonchev–Trinajstić information content (AvgIpc) is 3.14. The van der Waals surface area contributed by atoms with Gasteiger partial charge in [-0.2, -0.15) is 0 Å². The van der Waals surface area contributed by atoms with Gasteiger partial charge < -0.3 is 9.73 Å². The van der Waals surface area contributed by atoms with Gasteiger partial charge in [-0.15, -0.1) is 11.3 Å². The fourth-order valence-electron chi connectivity index (χ4n) is 2.34. The van der Waals surface area contributed by atoms with Gasteiger partial charge >= 0.3 is 0 Å². The Bertz CT molecular complexity index is 893. The molecule has 23 heavy (non-hydrogen) atoms. The number of thiophene rings is 1. The quantitative estimate of drug-likeness (QED) is 0.779. The Kier molecular flexibility index (Phi) is 4.29. The van der Waals surface area contributed by atoms with Gasteiger partial charge in [-0.3, -0.25) is 14.2 Å². The van der Waals surface area contributed by atoms with E-state index in [4.69, 9.17) is 4.42 Å². The molecule has 120 valence electrons. The number of aromatic nitrogens is 2. The van der Waals surface area contributed by atoms with Crippen LogP contribution in [0.25, 0.3) is 11.1 Å². The van der Waals surface area contributed by atoms with Crippen molar-refractivity contribution in [1.82, 2.24) is 14.9 Å². The van der Waals surface area contributed by atoms with Crippen molar-refractivity contribution in [3.8, 4) is 0 Å². The van der Waals surface area contributed by atoms with Crippen LogP contribution in [0, 0.1) is 13.8 Å².